The lowest BCUT2D eigenvalue weighted by molar-refractivity contribution is 0.301. The minimum atomic E-state index is 0.648. The third-order valence-corrected chi connectivity index (χ3v) is 3.73. The monoisotopic (exact) mass is 350 g/mol. The molecule has 0 rings (SSSR count). The van der Waals surface area contributed by atoms with Crippen molar-refractivity contribution in [1.29, 1.82) is 0 Å². The van der Waals surface area contributed by atoms with Gasteiger partial charge in [0.25, 0.3) is 0 Å². The Kier molecular flexibility index (Phi) is 12.7. The van der Waals surface area contributed by atoms with Crippen molar-refractivity contribution in [1.82, 2.24) is 4.90 Å². The largest absolute Gasteiger partial charge is 0.279 e. The van der Waals surface area contributed by atoms with Crippen LogP contribution in [0.2, 0.25) is 0 Å². The van der Waals surface area contributed by atoms with Crippen LogP contribution in [0.25, 0.3) is 0 Å². The van der Waals surface area contributed by atoms with E-state index < -0.39 is 0 Å². The van der Waals surface area contributed by atoms with E-state index in [2.05, 4.69) is 67.2 Å². The van der Waals surface area contributed by atoms with Crippen molar-refractivity contribution in [2.75, 3.05) is 20.0 Å². The molecular formula is C21H42N4. The third kappa shape index (κ3) is 15.0. The van der Waals surface area contributed by atoms with Gasteiger partial charge < -0.3 is 0 Å². The van der Waals surface area contributed by atoms with E-state index in [4.69, 9.17) is 15.0 Å². The molecule has 0 aliphatic heterocycles. The summed E-state index contributed by atoms with van der Waals surface area (Å²) in [5.74, 6) is 1.94. The van der Waals surface area contributed by atoms with Crippen LogP contribution in [0, 0.1) is 17.8 Å². The Morgan fingerprint density at radius 3 is 1.00 bits per heavy atom. The summed E-state index contributed by atoms with van der Waals surface area (Å²) in [5, 5.41) is 0. The smallest absolute Gasteiger partial charge is 0.0938 e. The lowest BCUT2D eigenvalue weighted by Gasteiger charge is -2.18. The van der Waals surface area contributed by atoms with Crippen LogP contribution in [0.4, 0.5) is 0 Å². The van der Waals surface area contributed by atoms with Crippen LogP contribution < -0.4 is 0 Å². The van der Waals surface area contributed by atoms with E-state index in [1.165, 1.54) is 17.1 Å². The van der Waals surface area contributed by atoms with Crippen molar-refractivity contribution in [3.05, 3.63) is 0 Å². The molecule has 0 atom stereocenters. The molecule has 0 aliphatic carbocycles. The lowest BCUT2D eigenvalue weighted by Crippen LogP contribution is -2.26. The van der Waals surface area contributed by atoms with Gasteiger partial charge in [-0.2, -0.15) is 0 Å². The first kappa shape index (κ1) is 24.0. The van der Waals surface area contributed by atoms with Crippen molar-refractivity contribution in [2.45, 2.75) is 81.6 Å². The Labute approximate surface area is 156 Å². The number of hydrogen-bond acceptors (Lipinski definition) is 4. The first-order valence-electron chi connectivity index (χ1n) is 9.82. The quantitative estimate of drug-likeness (QED) is 0.417. The van der Waals surface area contributed by atoms with Gasteiger partial charge in [0.05, 0.1) is 20.0 Å². The highest BCUT2D eigenvalue weighted by atomic mass is 15.3. The lowest BCUT2D eigenvalue weighted by atomic mass is 10.1. The molecule has 0 N–H and O–H groups in total. The predicted molar refractivity (Wildman–Crippen MR) is 114 cm³/mol. The molecule has 0 aromatic heterocycles. The Hall–Kier alpha value is -1.03. The predicted octanol–water partition coefficient (Wildman–Crippen LogP) is 5.68. The summed E-state index contributed by atoms with van der Waals surface area (Å²) in [7, 11) is 0. The van der Waals surface area contributed by atoms with E-state index in [9.17, 15) is 0 Å². The van der Waals surface area contributed by atoms with Gasteiger partial charge in [-0.3, -0.25) is 15.0 Å². The maximum atomic E-state index is 4.75. The van der Waals surface area contributed by atoms with Gasteiger partial charge in [0.15, 0.2) is 0 Å². The highest BCUT2D eigenvalue weighted by molar-refractivity contribution is 5.83. The van der Waals surface area contributed by atoms with Crippen LogP contribution in [0.5, 0.6) is 0 Å². The maximum absolute atomic E-state index is 4.75. The summed E-state index contributed by atoms with van der Waals surface area (Å²) in [5.41, 5.74) is 3.64. The molecule has 0 unspecified atom stereocenters. The number of nitrogens with zero attached hydrogens (tertiary/aromatic N) is 4. The first-order valence-corrected chi connectivity index (χ1v) is 9.82. The molecule has 0 spiro atoms. The molecule has 25 heavy (non-hydrogen) atoms. The van der Waals surface area contributed by atoms with E-state index in [0.29, 0.717) is 37.8 Å². The molecule has 0 aromatic carbocycles. The molecule has 0 amide bonds. The average Bonchev–Trinajstić information content (AvgIpc) is 2.44. The van der Waals surface area contributed by atoms with Gasteiger partial charge in [-0.1, -0.05) is 41.5 Å². The van der Waals surface area contributed by atoms with Crippen molar-refractivity contribution in [2.24, 2.45) is 32.7 Å². The summed E-state index contributed by atoms with van der Waals surface area (Å²) in [6.45, 7) is 21.8. The standard InChI is InChI=1S/C21H42N4/c1-16(2)10-19(7)22-13-25(14-23-20(8)11-17(3)4)15-24-21(9)12-18(5)6/h16-18H,10-15H2,1-9H3. The third-order valence-electron chi connectivity index (χ3n) is 3.73. The zero-order valence-corrected chi connectivity index (χ0v) is 18.3. The van der Waals surface area contributed by atoms with Crippen LogP contribution in [-0.4, -0.2) is 42.0 Å². The Morgan fingerprint density at radius 2 is 0.800 bits per heavy atom. The van der Waals surface area contributed by atoms with Crippen molar-refractivity contribution in [3.8, 4) is 0 Å². The Bertz CT molecular complexity index is 378. The highest BCUT2D eigenvalue weighted by Crippen LogP contribution is 2.05. The van der Waals surface area contributed by atoms with Gasteiger partial charge >= 0.3 is 0 Å². The van der Waals surface area contributed by atoms with E-state index in [1.54, 1.807) is 0 Å². The summed E-state index contributed by atoms with van der Waals surface area (Å²) >= 11 is 0. The van der Waals surface area contributed by atoms with Gasteiger partial charge in [0.2, 0.25) is 0 Å². The summed E-state index contributed by atoms with van der Waals surface area (Å²) < 4.78 is 0. The second kappa shape index (κ2) is 13.2. The van der Waals surface area contributed by atoms with Gasteiger partial charge in [0, 0.05) is 17.1 Å². The first-order chi connectivity index (χ1) is 11.6. The molecule has 4 heteroatoms. The minimum absolute atomic E-state index is 0.648. The molecule has 0 saturated carbocycles. The summed E-state index contributed by atoms with van der Waals surface area (Å²) in [4.78, 5) is 16.5. The van der Waals surface area contributed by atoms with Crippen LogP contribution in [0.3, 0.4) is 0 Å². The van der Waals surface area contributed by atoms with Crippen molar-refractivity contribution < 1.29 is 0 Å². The second-order valence-corrected chi connectivity index (χ2v) is 8.57. The highest BCUT2D eigenvalue weighted by Gasteiger charge is 2.06. The Morgan fingerprint density at radius 1 is 0.560 bits per heavy atom. The number of hydrogen-bond donors (Lipinski definition) is 0. The van der Waals surface area contributed by atoms with Crippen molar-refractivity contribution in [3.63, 3.8) is 0 Å². The molecule has 0 saturated heterocycles. The van der Waals surface area contributed by atoms with Gasteiger partial charge in [0.1, 0.15) is 0 Å². The molecule has 0 fully saturated rings. The average molecular weight is 351 g/mol. The minimum Gasteiger partial charge on any atom is -0.279 e. The SMILES string of the molecule is CC(CC(C)C)=NCN(CN=C(C)CC(C)C)CN=C(C)CC(C)C. The molecule has 0 aromatic rings. The topological polar surface area (TPSA) is 40.3 Å². The zero-order chi connectivity index (χ0) is 19.4. The normalized spacial score (nSPS) is 14.5. The zero-order valence-electron chi connectivity index (χ0n) is 18.3. The molecule has 4 nitrogen and oxygen atoms in total. The second-order valence-electron chi connectivity index (χ2n) is 8.57. The molecular weight excluding hydrogens is 308 g/mol. The van der Waals surface area contributed by atoms with Crippen molar-refractivity contribution >= 4 is 17.1 Å². The van der Waals surface area contributed by atoms with Crippen LogP contribution in [0.15, 0.2) is 15.0 Å². The fourth-order valence-electron chi connectivity index (χ4n) is 2.76. The fraction of sp³-hybridized carbons (Fsp3) is 0.857. The summed E-state index contributed by atoms with van der Waals surface area (Å²) in [6, 6.07) is 0. The van der Waals surface area contributed by atoms with E-state index >= 15 is 0 Å². The molecule has 0 radical (unpaired) electrons. The number of rotatable bonds is 12. The van der Waals surface area contributed by atoms with Crippen LogP contribution in [-0.2, 0) is 0 Å². The maximum Gasteiger partial charge on any atom is 0.0938 e. The molecule has 146 valence electrons. The fourth-order valence-corrected chi connectivity index (χ4v) is 2.76. The van der Waals surface area contributed by atoms with E-state index in [0.717, 1.165) is 19.3 Å². The Balaban J connectivity index is 4.86. The summed E-state index contributed by atoms with van der Waals surface area (Å²) in [6.07, 6.45) is 3.16. The molecule has 0 aliphatic rings. The van der Waals surface area contributed by atoms with Crippen LogP contribution in [0.1, 0.15) is 81.6 Å². The van der Waals surface area contributed by atoms with Gasteiger partial charge in [-0.25, -0.2) is 4.90 Å². The van der Waals surface area contributed by atoms with E-state index in [-0.39, 0.29) is 0 Å². The van der Waals surface area contributed by atoms with Crippen LogP contribution >= 0.6 is 0 Å². The van der Waals surface area contributed by atoms with Gasteiger partial charge in [-0.15, -0.1) is 0 Å². The van der Waals surface area contributed by atoms with E-state index in [1.807, 2.05) is 0 Å². The van der Waals surface area contributed by atoms with Gasteiger partial charge in [-0.05, 0) is 57.8 Å². The number of aliphatic imine (C=N–C) groups is 3. The molecule has 0 bridgehead atoms. The molecule has 0 heterocycles.